The molecule has 7 nitrogen and oxygen atoms in total. The second kappa shape index (κ2) is 11.5. The lowest BCUT2D eigenvalue weighted by molar-refractivity contribution is -0.108. The summed E-state index contributed by atoms with van der Waals surface area (Å²) in [6.45, 7) is 14.0. The Morgan fingerprint density at radius 1 is 1.10 bits per heavy atom. The first kappa shape index (κ1) is 29.5. The van der Waals surface area contributed by atoms with Crippen LogP contribution in [0.4, 0.5) is 5.69 Å². The summed E-state index contributed by atoms with van der Waals surface area (Å²) in [7, 11) is 0. The normalized spacial score (nSPS) is 28.9. The first-order valence-electron chi connectivity index (χ1n) is 15.3. The number of benzene rings is 2. The molecule has 1 aromatic heterocycles. The molecule has 4 aliphatic rings. The molecule has 2 bridgehead atoms. The van der Waals surface area contributed by atoms with Crippen molar-refractivity contribution in [1.82, 2.24) is 19.8 Å². The minimum Gasteiger partial charge on any atom is -0.340 e. The standard InChI is InChI=1S/C33H42Cl2N6O/c1-19-16-41(17-20(2)37-19)32(39-29-13-23-12-27(21(29)3)33(23,4)5)38-25-8-9-26-30(15-25)36-18-40(31(26)42)11-10-22-6-7-24(34)14-28(22)35/h6-9,14-15,18-21,23,27,29,37H,10-13,16-17H2,1-5H3,(H,38,39)/t19-,20+,21-,23+,27+,29?/m1/s1. The van der Waals surface area contributed by atoms with Gasteiger partial charge in [-0.15, -0.1) is 0 Å². The van der Waals surface area contributed by atoms with E-state index in [4.69, 9.17) is 28.2 Å². The minimum atomic E-state index is -0.0619. The van der Waals surface area contributed by atoms with Gasteiger partial charge < -0.3 is 15.5 Å². The van der Waals surface area contributed by atoms with Gasteiger partial charge in [-0.05, 0) is 92.2 Å². The van der Waals surface area contributed by atoms with Crippen LogP contribution in [0.3, 0.4) is 0 Å². The van der Waals surface area contributed by atoms with Gasteiger partial charge in [-0.3, -0.25) is 9.36 Å². The summed E-state index contributed by atoms with van der Waals surface area (Å²) in [6.07, 6.45) is 4.73. The zero-order valence-electron chi connectivity index (χ0n) is 25.2. The molecule has 1 unspecified atom stereocenters. The Labute approximate surface area is 258 Å². The Morgan fingerprint density at radius 3 is 2.55 bits per heavy atom. The van der Waals surface area contributed by atoms with Gasteiger partial charge in [0.1, 0.15) is 0 Å². The van der Waals surface area contributed by atoms with E-state index in [0.29, 0.717) is 63.4 Å². The van der Waals surface area contributed by atoms with E-state index in [1.165, 1.54) is 6.42 Å². The maximum atomic E-state index is 13.3. The van der Waals surface area contributed by atoms with E-state index in [2.05, 4.69) is 55.1 Å². The van der Waals surface area contributed by atoms with Gasteiger partial charge in [0.2, 0.25) is 0 Å². The molecule has 42 heavy (non-hydrogen) atoms. The van der Waals surface area contributed by atoms with Crippen LogP contribution in [0.15, 0.2) is 52.5 Å². The van der Waals surface area contributed by atoms with E-state index in [1.54, 1.807) is 17.0 Å². The lowest BCUT2D eigenvalue weighted by atomic mass is 9.45. The Balaban J connectivity index is 1.24. The van der Waals surface area contributed by atoms with Crippen molar-refractivity contribution in [1.29, 1.82) is 0 Å². The minimum absolute atomic E-state index is 0.0619. The SMILES string of the molecule is C[C@@H]1CN(C(=NC2C[C@@H]3C[C@@H]([C@H]2C)C3(C)C)Nc2ccc3c(=O)n(CCc4ccc(Cl)cc4Cl)cnc3c2)C[C@H](C)N1. The van der Waals surface area contributed by atoms with Gasteiger partial charge in [0.25, 0.3) is 5.56 Å². The van der Waals surface area contributed by atoms with Gasteiger partial charge in [-0.25, -0.2) is 9.98 Å². The number of aliphatic imine (C=N–C) groups is 1. The van der Waals surface area contributed by atoms with Gasteiger partial charge in [-0.2, -0.15) is 0 Å². The number of aromatic nitrogens is 2. The fourth-order valence-corrected chi connectivity index (χ4v) is 8.14. The zero-order valence-corrected chi connectivity index (χ0v) is 26.7. The fraction of sp³-hybridized carbons (Fsp3) is 0.545. The summed E-state index contributed by atoms with van der Waals surface area (Å²) in [5.41, 5.74) is 2.87. The molecule has 2 heterocycles. The monoisotopic (exact) mass is 608 g/mol. The molecular formula is C33H42Cl2N6O. The summed E-state index contributed by atoms with van der Waals surface area (Å²) < 4.78 is 1.65. The average Bonchev–Trinajstić information content (AvgIpc) is 2.93. The first-order valence-corrected chi connectivity index (χ1v) is 16.0. The maximum Gasteiger partial charge on any atom is 0.261 e. The van der Waals surface area contributed by atoms with Crippen molar-refractivity contribution in [3.63, 3.8) is 0 Å². The number of anilines is 1. The summed E-state index contributed by atoms with van der Waals surface area (Å²) in [4.78, 5) is 25.8. The van der Waals surface area contributed by atoms with Crippen molar-refractivity contribution in [2.75, 3.05) is 18.4 Å². The number of guanidine groups is 1. The number of nitrogens with one attached hydrogen (secondary N) is 2. The van der Waals surface area contributed by atoms with Crippen LogP contribution in [0.25, 0.3) is 10.9 Å². The van der Waals surface area contributed by atoms with Gasteiger partial charge in [0, 0.05) is 47.5 Å². The Morgan fingerprint density at radius 2 is 1.86 bits per heavy atom. The third-order valence-electron chi connectivity index (χ3n) is 10.2. The van der Waals surface area contributed by atoms with Crippen molar-refractivity contribution >= 4 is 45.8 Å². The van der Waals surface area contributed by atoms with Crippen molar-refractivity contribution in [3.8, 4) is 0 Å². The van der Waals surface area contributed by atoms with Crippen LogP contribution in [-0.2, 0) is 13.0 Å². The third kappa shape index (κ3) is 5.68. The molecule has 3 aromatic rings. The Bertz CT molecular complexity index is 1560. The number of piperazine rings is 1. The summed E-state index contributed by atoms with van der Waals surface area (Å²) >= 11 is 12.4. The third-order valence-corrected chi connectivity index (χ3v) is 10.8. The second-order valence-corrected chi connectivity index (χ2v) is 14.3. The lowest BCUT2D eigenvalue weighted by Crippen LogP contribution is -2.59. The highest BCUT2D eigenvalue weighted by atomic mass is 35.5. The van der Waals surface area contributed by atoms with E-state index in [1.807, 2.05) is 30.3 Å². The lowest BCUT2D eigenvalue weighted by Gasteiger charge is -2.61. The number of aryl methyl sites for hydroxylation is 2. The smallest absolute Gasteiger partial charge is 0.261 e. The van der Waals surface area contributed by atoms with Crippen LogP contribution in [0.1, 0.15) is 53.0 Å². The first-order chi connectivity index (χ1) is 20.0. The number of fused-ring (bicyclic) bond motifs is 3. The summed E-state index contributed by atoms with van der Waals surface area (Å²) in [5.74, 6) is 2.96. The van der Waals surface area contributed by atoms with Crippen molar-refractivity contribution < 1.29 is 0 Å². The number of hydrogen-bond acceptors (Lipinski definition) is 4. The zero-order chi connectivity index (χ0) is 29.8. The summed E-state index contributed by atoms with van der Waals surface area (Å²) in [5, 5.41) is 9.11. The van der Waals surface area contributed by atoms with Gasteiger partial charge >= 0.3 is 0 Å². The van der Waals surface area contributed by atoms with Crippen LogP contribution in [0, 0.1) is 23.2 Å². The fourth-order valence-electron chi connectivity index (χ4n) is 7.63. The Hall–Kier alpha value is -2.61. The molecule has 6 atom stereocenters. The van der Waals surface area contributed by atoms with Crippen molar-refractivity contribution in [3.05, 3.63) is 68.7 Å². The molecule has 2 N–H and O–H groups in total. The second-order valence-electron chi connectivity index (χ2n) is 13.4. The van der Waals surface area contributed by atoms with E-state index in [9.17, 15) is 4.79 Å². The molecule has 3 aliphatic carbocycles. The number of rotatable bonds is 5. The van der Waals surface area contributed by atoms with Crippen LogP contribution >= 0.6 is 23.2 Å². The highest BCUT2D eigenvalue weighted by Crippen LogP contribution is 2.61. The van der Waals surface area contributed by atoms with Crippen molar-refractivity contribution in [2.45, 2.75) is 78.6 Å². The molecule has 1 aliphatic heterocycles. The molecule has 1 saturated heterocycles. The number of halogens is 2. The van der Waals surface area contributed by atoms with Gasteiger partial charge in [-0.1, -0.05) is 50.0 Å². The van der Waals surface area contributed by atoms with Crippen LogP contribution < -0.4 is 16.2 Å². The van der Waals surface area contributed by atoms with E-state index < -0.39 is 0 Å². The molecule has 3 saturated carbocycles. The summed E-state index contributed by atoms with van der Waals surface area (Å²) in [6, 6.07) is 12.3. The Kier molecular flexibility index (Phi) is 8.05. The predicted octanol–water partition coefficient (Wildman–Crippen LogP) is 6.47. The van der Waals surface area contributed by atoms with Crippen LogP contribution in [-0.4, -0.2) is 51.6 Å². The number of nitrogens with zero attached hydrogens (tertiary/aromatic N) is 4. The van der Waals surface area contributed by atoms with E-state index >= 15 is 0 Å². The van der Waals surface area contributed by atoms with Gasteiger partial charge in [0.05, 0.1) is 23.3 Å². The van der Waals surface area contributed by atoms with Gasteiger partial charge in [0.15, 0.2) is 5.96 Å². The van der Waals surface area contributed by atoms with Crippen LogP contribution in [0.5, 0.6) is 0 Å². The quantitative estimate of drug-likeness (QED) is 0.256. The topological polar surface area (TPSA) is 74.5 Å². The maximum absolute atomic E-state index is 13.3. The van der Waals surface area contributed by atoms with E-state index in [0.717, 1.165) is 48.6 Å². The molecule has 2 aromatic carbocycles. The highest BCUT2D eigenvalue weighted by molar-refractivity contribution is 6.35. The molecule has 224 valence electrons. The predicted molar refractivity (Wildman–Crippen MR) is 174 cm³/mol. The molecule has 0 radical (unpaired) electrons. The van der Waals surface area contributed by atoms with Crippen LogP contribution in [0.2, 0.25) is 10.0 Å². The van der Waals surface area contributed by atoms with E-state index in [-0.39, 0.29) is 5.56 Å². The molecule has 9 heteroatoms. The van der Waals surface area contributed by atoms with Crippen molar-refractivity contribution in [2.24, 2.45) is 28.2 Å². The molecule has 0 spiro atoms. The molecule has 0 amide bonds. The largest absolute Gasteiger partial charge is 0.340 e. The highest BCUT2D eigenvalue weighted by Gasteiger charge is 2.56. The molecular weight excluding hydrogens is 567 g/mol. The molecule has 7 rings (SSSR count). The number of hydrogen-bond donors (Lipinski definition) is 2. The average molecular weight is 610 g/mol. The molecule has 4 fully saturated rings.